The van der Waals surface area contributed by atoms with Gasteiger partial charge in [0.25, 0.3) is 0 Å². The van der Waals surface area contributed by atoms with Gasteiger partial charge in [0.2, 0.25) is 5.91 Å². The molecule has 0 saturated carbocycles. The summed E-state index contributed by atoms with van der Waals surface area (Å²) in [4.78, 5) is 22.1. The van der Waals surface area contributed by atoms with Gasteiger partial charge in [-0.25, -0.2) is 0 Å². The second-order valence-corrected chi connectivity index (χ2v) is 4.21. The van der Waals surface area contributed by atoms with E-state index in [1.54, 1.807) is 0 Å². The van der Waals surface area contributed by atoms with Crippen LogP contribution in [0.15, 0.2) is 0 Å². The number of piperidine rings is 1. The Hall–Kier alpha value is -1.06. The van der Waals surface area contributed by atoms with Crippen molar-refractivity contribution < 1.29 is 14.7 Å². The molecule has 2 N–H and O–H groups in total. The summed E-state index contributed by atoms with van der Waals surface area (Å²) in [6.07, 6.45) is 1.13. The van der Waals surface area contributed by atoms with Crippen LogP contribution in [-0.2, 0) is 9.59 Å². The van der Waals surface area contributed by atoms with Crippen molar-refractivity contribution in [1.82, 2.24) is 5.32 Å². The molecule has 1 fully saturated rings. The fraction of sp³-hybridized carbons (Fsp3) is 0.800. The summed E-state index contributed by atoms with van der Waals surface area (Å²) >= 11 is 0. The van der Waals surface area contributed by atoms with Crippen LogP contribution in [0.25, 0.3) is 0 Å². The predicted molar refractivity (Wildman–Crippen MR) is 51.7 cm³/mol. The van der Waals surface area contributed by atoms with Gasteiger partial charge in [-0.2, -0.15) is 0 Å². The van der Waals surface area contributed by atoms with E-state index in [4.69, 9.17) is 5.11 Å². The van der Waals surface area contributed by atoms with Gasteiger partial charge in [0.15, 0.2) is 0 Å². The van der Waals surface area contributed by atoms with Crippen molar-refractivity contribution in [3.63, 3.8) is 0 Å². The lowest BCUT2D eigenvalue weighted by Gasteiger charge is -2.29. The van der Waals surface area contributed by atoms with E-state index in [9.17, 15) is 9.59 Å². The monoisotopic (exact) mass is 199 g/mol. The van der Waals surface area contributed by atoms with E-state index in [0.29, 0.717) is 13.0 Å². The number of nitrogens with one attached hydrogen (secondary N) is 1. The number of aliphatic carboxylic acids is 1. The number of carboxylic acid groups (broad SMARTS) is 1. The van der Waals surface area contributed by atoms with Gasteiger partial charge in [-0.1, -0.05) is 13.8 Å². The number of hydrogen-bond acceptors (Lipinski definition) is 2. The summed E-state index contributed by atoms with van der Waals surface area (Å²) in [5.41, 5.74) is 0. The van der Waals surface area contributed by atoms with E-state index >= 15 is 0 Å². The molecule has 14 heavy (non-hydrogen) atoms. The minimum Gasteiger partial charge on any atom is -0.481 e. The first-order chi connectivity index (χ1) is 6.52. The molecule has 0 aromatic rings. The molecule has 1 rings (SSSR count). The number of rotatable bonds is 3. The molecule has 0 radical (unpaired) electrons. The average Bonchev–Trinajstić information content (AvgIpc) is 2.02. The molecular formula is C10H17NO3. The van der Waals surface area contributed by atoms with E-state index < -0.39 is 5.97 Å². The predicted octanol–water partition coefficient (Wildman–Crippen LogP) is 0.869. The van der Waals surface area contributed by atoms with E-state index in [1.165, 1.54) is 0 Å². The Bertz CT molecular complexity index is 238. The Balaban J connectivity index is 2.67. The summed E-state index contributed by atoms with van der Waals surface area (Å²) in [7, 11) is 0. The number of hydrogen-bond donors (Lipinski definition) is 2. The van der Waals surface area contributed by atoms with Crippen molar-refractivity contribution >= 4 is 11.9 Å². The van der Waals surface area contributed by atoms with E-state index in [0.717, 1.165) is 6.42 Å². The second-order valence-electron chi connectivity index (χ2n) is 4.21. The Kier molecular flexibility index (Phi) is 3.49. The number of carbonyl (C=O) groups excluding carboxylic acids is 1. The van der Waals surface area contributed by atoms with Crippen molar-refractivity contribution in [2.45, 2.75) is 26.7 Å². The maximum absolute atomic E-state index is 11.1. The van der Waals surface area contributed by atoms with Crippen LogP contribution in [0.1, 0.15) is 26.7 Å². The van der Waals surface area contributed by atoms with Crippen LogP contribution in [0, 0.1) is 17.8 Å². The third kappa shape index (κ3) is 2.47. The standard InChI is InChI=1S/C10H17NO3/c1-6(2)9(10(13)14)7-3-4-11-8(12)5-7/h6-7,9H,3-5H2,1-2H3,(H,11,12)(H,13,14). The first kappa shape index (κ1) is 11.0. The molecule has 2 atom stereocenters. The average molecular weight is 199 g/mol. The van der Waals surface area contributed by atoms with E-state index in [1.807, 2.05) is 13.8 Å². The minimum atomic E-state index is -0.778. The van der Waals surface area contributed by atoms with Gasteiger partial charge in [0.05, 0.1) is 5.92 Å². The molecule has 80 valence electrons. The third-order valence-corrected chi connectivity index (χ3v) is 2.80. The van der Waals surface area contributed by atoms with Gasteiger partial charge in [0.1, 0.15) is 0 Å². The quantitative estimate of drug-likeness (QED) is 0.708. The molecule has 0 aliphatic carbocycles. The first-order valence-corrected chi connectivity index (χ1v) is 5.02. The highest BCUT2D eigenvalue weighted by Crippen LogP contribution is 2.28. The molecule has 0 bridgehead atoms. The third-order valence-electron chi connectivity index (χ3n) is 2.80. The van der Waals surface area contributed by atoms with Gasteiger partial charge in [-0.05, 0) is 18.3 Å². The number of carboxylic acids is 1. The summed E-state index contributed by atoms with van der Waals surface area (Å²) in [5.74, 6) is -1.10. The minimum absolute atomic E-state index is 0.00116. The molecule has 2 unspecified atom stereocenters. The topological polar surface area (TPSA) is 66.4 Å². The van der Waals surface area contributed by atoms with Crippen molar-refractivity contribution in [1.29, 1.82) is 0 Å². The molecular weight excluding hydrogens is 182 g/mol. The van der Waals surface area contributed by atoms with Crippen LogP contribution < -0.4 is 5.32 Å². The Morgan fingerprint density at radius 3 is 2.64 bits per heavy atom. The van der Waals surface area contributed by atoms with Crippen molar-refractivity contribution in [3.05, 3.63) is 0 Å². The van der Waals surface area contributed by atoms with Crippen LogP contribution in [-0.4, -0.2) is 23.5 Å². The zero-order chi connectivity index (χ0) is 10.7. The van der Waals surface area contributed by atoms with Gasteiger partial charge in [-0.3, -0.25) is 9.59 Å². The normalized spacial score (nSPS) is 24.5. The smallest absolute Gasteiger partial charge is 0.307 e. The molecule has 1 heterocycles. The lowest BCUT2D eigenvalue weighted by Crippen LogP contribution is -2.40. The summed E-state index contributed by atoms with van der Waals surface area (Å²) in [6, 6.07) is 0. The molecule has 4 heteroatoms. The summed E-state index contributed by atoms with van der Waals surface area (Å²) < 4.78 is 0. The van der Waals surface area contributed by atoms with Gasteiger partial charge in [-0.15, -0.1) is 0 Å². The Labute approximate surface area is 83.7 Å². The van der Waals surface area contributed by atoms with Crippen molar-refractivity contribution in [2.24, 2.45) is 17.8 Å². The zero-order valence-corrected chi connectivity index (χ0v) is 8.62. The lowest BCUT2D eigenvalue weighted by molar-refractivity contribution is -0.146. The second kappa shape index (κ2) is 4.44. The van der Waals surface area contributed by atoms with Gasteiger partial charge in [0, 0.05) is 13.0 Å². The lowest BCUT2D eigenvalue weighted by atomic mass is 9.78. The van der Waals surface area contributed by atoms with E-state index in [2.05, 4.69) is 5.32 Å². The molecule has 0 spiro atoms. The molecule has 0 aromatic carbocycles. The van der Waals surface area contributed by atoms with E-state index in [-0.39, 0.29) is 23.7 Å². The van der Waals surface area contributed by atoms with Crippen LogP contribution in [0.4, 0.5) is 0 Å². The number of amides is 1. The summed E-state index contributed by atoms with van der Waals surface area (Å²) in [5, 5.41) is 11.8. The van der Waals surface area contributed by atoms with Crippen LogP contribution in [0.3, 0.4) is 0 Å². The molecule has 0 aromatic heterocycles. The molecule has 1 saturated heterocycles. The molecule has 1 amide bonds. The highest BCUT2D eigenvalue weighted by molar-refractivity contribution is 5.78. The Morgan fingerprint density at radius 2 is 2.21 bits per heavy atom. The van der Waals surface area contributed by atoms with Crippen LogP contribution in [0.5, 0.6) is 0 Å². The highest BCUT2D eigenvalue weighted by atomic mass is 16.4. The summed E-state index contributed by atoms with van der Waals surface area (Å²) in [6.45, 7) is 4.40. The molecule has 4 nitrogen and oxygen atoms in total. The fourth-order valence-electron chi connectivity index (χ4n) is 2.15. The molecule has 1 aliphatic rings. The zero-order valence-electron chi connectivity index (χ0n) is 8.62. The van der Waals surface area contributed by atoms with Gasteiger partial charge < -0.3 is 10.4 Å². The first-order valence-electron chi connectivity index (χ1n) is 5.02. The SMILES string of the molecule is CC(C)C(C(=O)O)C1CCNC(=O)C1. The molecule has 1 aliphatic heterocycles. The van der Waals surface area contributed by atoms with Crippen LogP contribution >= 0.6 is 0 Å². The number of carbonyl (C=O) groups is 2. The maximum Gasteiger partial charge on any atom is 0.307 e. The van der Waals surface area contributed by atoms with Crippen LogP contribution in [0.2, 0.25) is 0 Å². The Morgan fingerprint density at radius 1 is 1.57 bits per heavy atom. The van der Waals surface area contributed by atoms with Crippen molar-refractivity contribution in [3.8, 4) is 0 Å². The fourth-order valence-corrected chi connectivity index (χ4v) is 2.15. The van der Waals surface area contributed by atoms with Gasteiger partial charge >= 0.3 is 5.97 Å². The maximum atomic E-state index is 11.1. The largest absolute Gasteiger partial charge is 0.481 e. The van der Waals surface area contributed by atoms with Crippen molar-refractivity contribution in [2.75, 3.05) is 6.54 Å². The highest BCUT2D eigenvalue weighted by Gasteiger charge is 2.33.